The molecule has 1 unspecified atom stereocenters. The Morgan fingerprint density at radius 3 is 3.12 bits per heavy atom. The predicted molar refractivity (Wildman–Crippen MR) is 71.1 cm³/mol. The SMILES string of the molecule is CCCC1(CO)CCCN(Cc2nccs2)C1. The lowest BCUT2D eigenvalue weighted by atomic mass is 9.77. The first-order chi connectivity index (χ1) is 8.28. The van der Waals surface area contributed by atoms with Gasteiger partial charge in [0.2, 0.25) is 0 Å². The van der Waals surface area contributed by atoms with E-state index in [2.05, 4.69) is 16.8 Å². The van der Waals surface area contributed by atoms with Crippen molar-refractivity contribution >= 4 is 11.3 Å². The fraction of sp³-hybridized carbons (Fsp3) is 0.769. The number of piperidine rings is 1. The second-order valence-corrected chi connectivity index (χ2v) is 6.13. The Kier molecular flexibility index (Phi) is 4.54. The summed E-state index contributed by atoms with van der Waals surface area (Å²) in [6, 6.07) is 0. The highest BCUT2D eigenvalue weighted by atomic mass is 32.1. The number of aromatic nitrogens is 1. The van der Waals surface area contributed by atoms with Crippen LogP contribution in [-0.2, 0) is 6.54 Å². The number of nitrogens with zero attached hydrogens (tertiary/aromatic N) is 2. The van der Waals surface area contributed by atoms with E-state index in [9.17, 15) is 5.11 Å². The van der Waals surface area contributed by atoms with E-state index in [4.69, 9.17) is 0 Å². The van der Waals surface area contributed by atoms with Gasteiger partial charge >= 0.3 is 0 Å². The summed E-state index contributed by atoms with van der Waals surface area (Å²) in [4.78, 5) is 6.80. The number of hydrogen-bond acceptors (Lipinski definition) is 4. The highest BCUT2D eigenvalue weighted by Gasteiger charge is 2.34. The fourth-order valence-electron chi connectivity index (χ4n) is 2.91. The highest BCUT2D eigenvalue weighted by Crippen LogP contribution is 2.34. The van der Waals surface area contributed by atoms with Crippen LogP contribution in [0.2, 0.25) is 0 Å². The van der Waals surface area contributed by atoms with Gasteiger partial charge in [-0.1, -0.05) is 13.3 Å². The number of thiazole rings is 1. The van der Waals surface area contributed by atoms with Gasteiger partial charge in [-0.05, 0) is 25.8 Å². The third-order valence-electron chi connectivity index (χ3n) is 3.70. The van der Waals surface area contributed by atoms with Crippen molar-refractivity contribution in [1.82, 2.24) is 9.88 Å². The van der Waals surface area contributed by atoms with E-state index in [1.165, 1.54) is 17.8 Å². The van der Waals surface area contributed by atoms with Crippen molar-refractivity contribution in [3.63, 3.8) is 0 Å². The fourth-order valence-corrected chi connectivity index (χ4v) is 3.57. The predicted octanol–water partition coefficient (Wildman–Crippen LogP) is 2.52. The average molecular weight is 254 g/mol. The summed E-state index contributed by atoms with van der Waals surface area (Å²) < 4.78 is 0. The molecule has 0 aromatic carbocycles. The topological polar surface area (TPSA) is 36.4 Å². The van der Waals surface area contributed by atoms with Gasteiger partial charge in [0.25, 0.3) is 0 Å². The molecule has 96 valence electrons. The molecule has 1 aliphatic rings. The summed E-state index contributed by atoms with van der Waals surface area (Å²) in [6.45, 7) is 5.65. The zero-order chi connectivity index (χ0) is 12.1. The lowest BCUT2D eigenvalue weighted by Gasteiger charge is -2.41. The first-order valence-corrected chi connectivity index (χ1v) is 7.37. The Labute approximate surface area is 107 Å². The Balaban J connectivity index is 1.96. The molecule has 17 heavy (non-hydrogen) atoms. The minimum atomic E-state index is 0.143. The van der Waals surface area contributed by atoms with E-state index in [1.807, 2.05) is 11.6 Å². The molecule has 0 saturated carbocycles. The maximum atomic E-state index is 9.68. The van der Waals surface area contributed by atoms with Crippen molar-refractivity contribution in [1.29, 1.82) is 0 Å². The molecule has 1 aromatic rings. The van der Waals surface area contributed by atoms with Crippen LogP contribution in [0.1, 0.15) is 37.6 Å². The maximum Gasteiger partial charge on any atom is 0.107 e. The quantitative estimate of drug-likeness (QED) is 0.877. The van der Waals surface area contributed by atoms with Crippen LogP contribution in [0, 0.1) is 5.41 Å². The van der Waals surface area contributed by atoms with E-state index >= 15 is 0 Å². The van der Waals surface area contributed by atoms with Crippen molar-refractivity contribution in [3.05, 3.63) is 16.6 Å². The van der Waals surface area contributed by atoms with Gasteiger partial charge in [0.15, 0.2) is 0 Å². The summed E-state index contributed by atoms with van der Waals surface area (Å²) in [6.07, 6.45) is 6.54. The van der Waals surface area contributed by atoms with Crippen molar-refractivity contribution < 1.29 is 5.11 Å². The van der Waals surface area contributed by atoms with Crippen LogP contribution in [0.25, 0.3) is 0 Å². The molecule has 1 atom stereocenters. The van der Waals surface area contributed by atoms with Gasteiger partial charge in [-0.15, -0.1) is 11.3 Å². The van der Waals surface area contributed by atoms with Crippen LogP contribution in [0.4, 0.5) is 0 Å². The Morgan fingerprint density at radius 1 is 1.59 bits per heavy atom. The molecule has 0 bridgehead atoms. The van der Waals surface area contributed by atoms with Crippen LogP contribution in [-0.4, -0.2) is 34.7 Å². The molecule has 0 spiro atoms. The zero-order valence-electron chi connectivity index (χ0n) is 10.6. The van der Waals surface area contributed by atoms with E-state index in [-0.39, 0.29) is 5.41 Å². The van der Waals surface area contributed by atoms with E-state index in [0.717, 1.165) is 32.5 Å². The summed E-state index contributed by atoms with van der Waals surface area (Å²) >= 11 is 1.72. The van der Waals surface area contributed by atoms with E-state index in [1.54, 1.807) is 11.3 Å². The van der Waals surface area contributed by atoms with Gasteiger partial charge in [0.05, 0.1) is 6.54 Å². The van der Waals surface area contributed by atoms with Crippen LogP contribution in [0.5, 0.6) is 0 Å². The lowest BCUT2D eigenvalue weighted by molar-refractivity contribution is 0.0216. The minimum absolute atomic E-state index is 0.143. The number of aliphatic hydroxyl groups excluding tert-OH is 1. The normalized spacial score (nSPS) is 26.2. The summed E-state index contributed by atoms with van der Waals surface area (Å²) in [5.41, 5.74) is 0.143. The summed E-state index contributed by atoms with van der Waals surface area (Å²) in [7, 11) is 0. The van der Waals surface area contributed by atoms with Crippen LogP contribution in [0.15, 0.2) is 11.6 Å². The molecule has 4 heteroatoms. The zero-order valence-corrected chi connectivity index (χ0v) is 11.4. The molecule has 1 fully saturated rings. The molecule has 1 aliphatic heterocycles. The van der Waals surface area contributed by atoms with Gasteiger partial charge in [-0.3, -0.25) is 4.90 Å². The third kappa shape index (κ3) is 3.27. The monoisotopic (exact) mass is 254 g/mol. The molecular weight excluding hydrogens is 232 g/mol. The van der Waals surface area contributed by atoms with E-state index in [0.29, 0.717) is 6.61 Å². The Hall–Kier alpha value is -0.450. The van der Waals surface area contributed by atoms with Crippen LogP contribution in [0.3, 0.4) is 0 Å². The molecule has 2 heterocycles. The Bertz CT molecular complexity index is 324. The second-order valence-electron chi connectivity index (χ2n) is 5.15. The molecule has 0 radical (unpaired) electrons. The molecule has 1 aromatic heterocycles. The Morgan fingerprint density at radius 2 is 2.47 bits per heavy atom. The smallest absolute Gasteiger partial charge is 0.107 e. The number of likely N-dealkylation sites (tertiary alicyclic amines) is 1. The molecule has 1 N–H and O–H groups in total. The second kappa shape index (κ2) is 5.94. The van der Waals surface area contributed by atoms with Gasteiger partial charge in [-0.2, -0.15) is 0 Å². The first-order valence-electron chi connectivity index (χ1n) is 6.49. The average Bonchev–Trinajstić information content (AvgIpc) is 2.83. The van der Waals surface area contributed by atoms with Gasteiger partial charge in [0, 0.05) is 30.1 Å². The lowest BCUT2D eigenvalue weighted by Crippen LogP contribution is -2.44. The van der Waals surface area contributed by atoms with Crippen molar-refractivity contribution in [2.75, 3.05) is 19.7 Å². The van der Waals surface area contributed by atoms with Gasteiger partial charge in [-0.25, -0.2) is 4.98 Å². The van der Waals surface area contributed by atoms with Crippen molar-refractivity contribution in [2.24, 2.45) is 5.41 Å². The van der Waals surface area contributed by atoms with Gasteiger partial charge in [0.1, 0.15) is 5.01 Å². The molecule has 0 aliphatic carbocycles. The van der Waals surface area contributed by atoms with Crippen molar-refractivity contribution in [3.8, 4) is 0 Å². The van der Waals surface area contributed by atoms with Crippen molar-refractivity contribution in [2.45, 2.75) is 39.2 Å². The number of rotatable bonds is 5. The van der Waals surface area contributed by atoms with Crippen LogP contribution < -0.4 is 0 Å². The van der Waals surface area contributed by atoms with E-state index < -0.39 is 0 Å². The number of aliphatic hydroxyl groups is 1. The molecule has 2 rings (SSSR count). The third-order valence-corrected chi connectivity index (χ3v) is 4.46. The molecule has 0 amide bonds. The summed E-state index contributed by atoms with van der Waals surface area (Å²) in [5, 5.41) is 12.9. The standard InChI is InChI=1S/C13H22N2OS/c1-2-4-13(11-16)5-3-7-15(10-13)9-12-14-6-8-17-12/h6,8,16H,2-5,7,9-11H2,1H3. The van der Waals surface area contributed by atoms with Crippen LogP contribution >= 0.6 is 11.3 Å². The molecular formula is C13H22N2OS. The minimum Gasteiger partial charge on any atom is -0.396 e. The summed E-state index contributed by atoms with van der Waals surface area (Å²) in [5.74, 6) is 0. The number of hydrogen-bond donors (Lipinski definition) is 1. The first kappa shape index (κ1) is 13.0. The highest BCUT2D eigenvalue weighted by molar-refractivity contribution is 7.09. The molecule has 3 nitrogen and oxygen atoms in total. The largest absolute Gasteiger partial charge is 0.396 e. The maximum absolute atomic E-state index is 9.68. The van der Waals surface area contributed by atoms with Gasteiger partial charge < -0.3 is 5.11 Å². The molecule has 1 saturated heterocycles.